The Labute approximate surface area is 177 Å². The van der Waals surface area contributed by atoms with Crippen molar-refractivity contribution in [3.05, 3.63) is 40.3 Å². The molecule has 0 aliphatic carbocycles. The van der Waals surface area contributed by atoms with Crippen molar-refractivity contribution in [2.75, 3.05) is 19.0 Å². The number of benzene rings is 1. The van der Waals surface area contributed by atoms with Crippen LogP contribution in [-0.4, -0.2) is 48.5 Å². The third kappa shape index (κ3) is 3.60. The molecule has 3 heterocycles. The molecule has 1 aromatic carbocycles. The maximum atomic E-state index is 13.0. The number of ether oxygens (including phenoxy) is 3. The van der Waals surface area contributed by atoms with Crippen molar-refractivity contribution < 1.29 is 28.6 Å². The van der Waals surface area contributed by atoms with E-state index >= 15 is 0 Å². The highest BCUT2D eigenvalue weighted by Gasteiger charge is 2.36. The zero-order chi connectivity index (χ0) is 21.4. The minimum Gasteiger partial charge on any atom is -0.482 e. The molecule has 2 aliphatic rings. The molecule has 1 aromatic heterocycles. The van der Waals surface area contributed by atoms with Crippen molar-refractivity contribution in [2.24, 2.45) is 0 Å². The number of carbonyl (C=O) groups excluding carboxylic acids is 3. The van der Waals surface area contributed by atoms with E-state index in [4.69, 9.17) is 14.2 Å². The molecule has 158 valence electrons. The molecule has 1 N–H and O–H groups in total. The molecule has 2 amide bonds. The summed E-state index contributed by atoms with van der Waals surface area (Å²) in [5, 5.41) is 3.23. The lowest BCUT2D eigenvalue weighted by molar-refractivity contribution is -0.129. The van der Waals surface area contributed by atoms with Gasteiger partial charge in [-0.15, -0.1) is 11.3 Å². The van der Waals surface area contributed by atoms with Gasteiger partial charge in [-0.05, 0) is 31.0 Å². The molecule has 2 atom stereocenters. The number of nitrogens with one attached hydrogen (secondary N) is 1. The summed E-state index contributed by atoms with van der Waals surface area (Å²) in [5.74, 6) is 0.119. The number of anilines is 1. The maximum Gasteiger partial charge on any atom is 0.341 e. The van der Waals surface area contributed by atoms with Crippen molar-refractivity contribution in [1.29, 1.82) is 0 Å². The molecule has 9 heteroatoms. The predicted molar refractivity (Wildman–Crippen MR) is 110 cm³/mol. The molecule has 0 saturated carbocycles. The van der Waals surface area contributed by atoms with E-state index < -0.39 is 24.1 Å². The molecule has 2 aromatic rings. The van der Waals surface area contributed by atoms with Crippen molar-refractivity contribution >= 4 is 34.1 Å². The number of amides is 2. The van der Waals surface area contributed by atoms with Crippen molar-refractivity contribution in [3.8, 4) is 11.5 Å². The molecule has 2 unspecified atom stereocenters. The summed E-state index contributed by atoms with van der Waals surface area (Å²) in [7, 11) is 1.31. The molecule has 4 rings (SSSR count). The Hall–Kier alpha value is -3.07. The summed E-state index contributed by atoms with van der Waals surface area (Å²) >= 11 is 1.28. The van der Waals surface area contributed by atoms with Gasteiger partial charge in [-0.25, -0.2) is 4.79 Å². The van der Waals surface area contributed by atoms with Gasteiger partial charge < -0.3 is 24.4 Å². The number of rotatable bonds is 3. The van der Waals surface area contributed by atoms with E-state index in [-0.39, 0.29) is 5.91 Å². The van der Waals surface area contributed by atoms with Crippen LogP contribution in [0.25, 0.3) is 0 Å². The van der Waals surface area contributed by atoms with Crippen molar-refractivity contribution in [1.82, 2.24) is 4.90 Å². The zero-order valence-electron chi connectivity index (χ0n) is 16.9. The normalized spacial score (nSPS) is 19.6. The second-order valence-electron chi connectivity index (χ2n) is 7.19. The third-order valence-electron chi connectivity index (χ3n) is 5.23. The van der Waals surface area contributed by atoms with Crippen molar-refractivity contribution in [3.63, 3.8) is 0 Å². The van der Waals surface area contributed by atoms with Crippen LogP contribution in [0.2, 0.25) is 0 Å². The number of esters is 1. The Bertz CT molecular complexity index is 1020. The summed E-state index contributed by atoms with van der Waals surface area (Å²) < 4.78 is 16.6. The fraction of sp³-hybridized carbons (Fsp3) is 0.381. The smallest absolute Gasteiger partial charge is 0.341 e. The van der Waals surface area contributed by atoms with Gasteiger partial charge in [0.1, 0.15) is 11.1 Å². The Morgan fingerprint density at radius 3 is 2.57 bits per heavy atom. The molecular weight excluding hydrogens is 408 g/mol. The first-order chi connectivity index (χ1) is 14.4. The fourth-order valence-electron chi connectivity index (χ4n) is 3.67. The monoisotopic (exact) mass is 430 g/mol. The topological polar surface area (TPSA) is 94.2 Å². The summed E-state index contributed by atoms with van der Waals surface area (Å²) in [6.45, 7) is 4.19. The third-order valence-corrected chi connectivity index (χ3v) is 6.36. The van der Waals surface area contributed by atoms with E-state index in [1.807, 2.05) is 6.07 Å². The number of hydrogen-bond donors (Lipinski definition) is 1. The van der Waals surface area contributed by atoms with E-state index in [1.165, 1.54) is 25.4 Å². The summed E-state index contributed by atoms with van der Waals surface area (Å²) in [6, 6.07) is 7.15. The molecular formula is C21H22N2O6S. The first kappa shape index (κ1) is 20.2. The fourth-order valence-corrected chi connectivity index (χ4v) is 4.92. The molecule has 0 bridgehead atoms. The number of nitrogens with zero attached hydrogens (tertiary/aromatic N) is 1. The Morgan fingerprint density at radius 1 is 1.20 bits per heavy atom. The highest BCUT2D eigenvalue weighted by Crippen LogP contribution is 2.39. The number of methoxy groups -OCH3 is 1. The van der Waals surface area contributed by atoms with Gasteiger partial charge in [-0.1, -0.05) is 12.1 Å². The number of hydrogen-bond acceptors (Lipinski definition) is 7. The first-order valence-corrected chi connectivity index (χ1v) is 10.4. The lowest BCUT2D eigenvalue weighted by atomic mass is 10.0. The second-order valence-corrected chi connectivity index (χ2v) is 8.29. The van der Waals surface area contributed by atoms with Crippen LogP contribution >= 0.6 is 11.3 Å². The highest BCUT2D eigenvalue weighted by atomic mass is 32.1. The molecule has 30 heavy (non-hydrogen) atoms. The van der Waals surface area contributed by atoms with Gasteiger partial charge in [-0.3, -0.25) is 9.59 Å². The van der Waals surface area contributed by atoms with Crippen molar-refractivity contribution in [2.45, 2.75) is 39.0 Å². The van der Waals surface area contributed by atoms with Gasteiger partial charge in [0.15, 0.2) is 11.5 Å². The van der Waals surface area contributed by atoms with Gasteiger partial charge in [0, 0.05) is 18.3 Å². The molecule has 0 spiro atoms. The Morgan fingerprint density at radius 2 is 1.90 bits per heavy atom. The lowest BCUT2D eigenvalue weighted by Crippen LogP contribution is -2.46. The molecule has 0 radical (unpaired) electrons. The Kier molecular flexibility index (Phi) is 5.38. The van der Waals surface area contributed by atoms with Gasteiger partial charge >= 0.3 is 5.97 Å². The standard InChI is InChI=1S/C21H22N2O6S/c1-11-18(29-15-7-5-4-6-14(15)28-11)19(25)22-20-17(21(26)27-3)13-8-9-23(12(2)24)10-16(13)30-20/h4-7,11,18H,8-10H2,1-3H3,(H,22,25). The first-order valence-electron chi connectivity index (χ1n) is 9.60. The van der Waals surface area contributed by atoms with E-state index in [1.54, 1.807) is 30.0 Å². The highest BCUT2D eigenvalue weighted by molar-refractivity contribution is 7.17. The lowest BCUT2D eigenvalue weighted by Gasteiger charge is -2.30. The van der Waals surface area contributed by atoms with Gasteiger partial charge in [0.2, 0.25) is 12.0 Å². The molecule has 2 aliphatic heterocycles. The van der Waals surface area contributed by atoms with E-state index in [2.05, 4.69) is 5.32 Å². The minimum absolute atomic E-state index is 0.0282. The molecule has 8 nitrogen and oxygen atoms in total. The van der Waals surface area contributed by atoms with Crippen LogP contribution in [0.1, 0.15) is 34.6 Å². The summed E-state index contributed by atoms with van der Waals surface area (Å²) in [6.07, 6.45) is -0.860. The second kappa shape index (κ2) is 7.98. The van der Waals surface area contributed by atoms with E-state index in [9.17, 15) is 14.4 Å². The predicted octanol–water partition coefficient (Wildman–Crippen LogP) is 2.61. The van der Waals surface area contributed by atoms with E-state index in [0.717, 1.165) is 10.4 Å². The van der Waals surface area contributed by atoms with Crippen LogP contribution in [0, 0.1) is 0 Å². The van der Waals surface area contributed by atoms with Crippen LogP contribution in [-0.2, 0) is 27.3 Å². The SMILES string of the molecule is COC(=O)c1c(NC(=O)C2Oc3ccccc3OC2C)sc2c1CCN(C(C)=O)C2. The minimum atomic E-state index is -0.877. The maximum absolute atomic E-state index is 13.0. The van der Waals surface area contributed by atoms with Crippen LogP contribution in [0.5, 0.6) is 11.5 Å². The van der Waals surface area contributed by atoms with Crippen LogP contribution in [0.15, 0.2) is 24.3 Å². The average Bonchev–Trinajstić information content (AvgIpc) is 3.09. The molecule has 0 saturated heterocycles. The number of fused-ring (bicyclic) bond motifs is 2. The quantitative estimate of drug-likeness (QED) is 0.753. The number of carbonyl (C=O) groups is 3. The largest absolute Gasteiger partial charge is 0.482 e. The van der Waals surface area contributed by atoms with Crippen LogP contribution < -0.4 is 14.8 Å². The summed E-state index contributed by atoms with van der Waals surface area (Å²) in [4.78, 5) is 39.8. The van der Waals surface area contributed by atoms with E-state index in [0.29, 0.717) is 41.6 Å². The van der Waals surface area contributed by atoms with Gasteiger partial charge in [-0.2, -0.15) is 0 Å². The van der Waals surface area contributed by atoms with Crippen LogP contribution in [0.3, 0.4) is 0 Å². The van der Waals surface area contributed by atoms with Crippen LogP contribution in [0.4, 0.5) is 5.00 Å². The average molecular weight is 430 g/mol. The zero-order valence-corrected chi connectivity index (χ0v) is 17.7. The molecule has 0 fully saturated rings. The summed E-state index contributed by atoms with van der Waals surface area (Å²) in [5.41, 5.74) is 1.16. The Balaban J connectivity index is 1.60. The number of thiophene rings is 1. The van der Waals surface area contributed by atoms with Gasteiger partial charge in [0.25, 0.3) is 5.91 Å². The number of para-hydroxylation sites is 2. The van der Waals surface area contributed by atoms with Gasteiger partial charge in [0.05, 0.1) is 19.2 Å².